The van der Waals surface area contributed by atoms with Crippen molar-refractivity contribution in [3.63, 3.8) is 0 Å². The molecule has 4 aromatic rings. The molecule has 0 aliphatic carbocycles. The fourth-order valence-corrected chi connectivity index (χ4v) is 5.54. The van der Waals surface area contributed by atoms with Crippen molar-refractivity contribution < 1.29 is 4.79 Å². The zero-order valence-electron chi connectivity index (χ0n) is 19.8. The Labute approximate surface area is 208 Å². The number of piperazine rings is 1. The summed E-state index contributed by atoms with van der Waals surface area (Å²) in [5.41, 5.74) is 2.87. The van der Waals surface area contributed by atoms with Gasteiger partial charge in [-0.2, -0.15) is 0 Å². The minimum Gasteiger partial charge on any atom is -0.335 e. The molecule has 0 N–H and O–H groups in total. The lowest BCUT2D eigenvalue weighted by molar-refractivity contribution is 0.0654. The molecule has 178 valence electrons. The fourth-order valence-electron chi connectivity index (χ4n) is 4.44. The minimum absolute atomic E-state index is 0.000938. The Balaban J connectivity index is 1.26. The highest BCUT2D eigenvalue weighted by Crippen LogP contribution is 2.28. The molecular formula is C28H28N4O2S. The van der Waals surface area contributed by atoms with E-state index in [1.807, 2.05) is 60.4 Å². The summed E-state index contributed by atoms with van der Waals surface area (Å²) in [7, 11) is 0. The molecule has 1 amide bonds. The molecule has 1 saturated heterocycles. The third-order valence-corrected chi connectivity index (χ3v) is 7.63. The number of carbonyl (C=O) groups is 1. The predicted octanol–water partition coefficient (Wildman–Crippen LogP) is 4.29. The SMILES string of the molecule is Cc1c(C(=O)N2CCN(C/C=C/c3ccccc3)CC2)sc2ncn(Cc3ccccc3)c(=O)c12. The number of aryl methyl sites for hydroxylation is 1. The number of amides is 1. The summed E-state index contributed by atoms with van der Waals surface area (Å²) in [6.45, 7) is 6.21. The summed E-state index contributed by atoms with van der Waals surface area (Å²) in [5, 5.41) is 0.557. The van der Waals surface area contributed by atoms with Gasteiger partial charge in [0.25, 0.3) is 11.5 Å². The smallest absolute Gasteiger partial charge is 0.264 e. The van der Waals surface area contributed by atoms with Gasteiger partial charge in [-0.25, -0.2) is 4.98 Å². The molecule has 1 fully saturated rings. The van der Waals surface area contributed by atoms with Gasteiger partial charge in [0.05, 0.1) is 23.1 Å². The number of hydrogen-bond acceptors (Lipinski definition) is 5. The lowest BCUT2D eigenvalue weighted by Crippen LogP contribution is -2.48. The van der Waals surface area contributed by atoms with E-state index in [9.17, 15) is 9.59 Å². The Kier molecular flexibility index (Phi) is 6.88. The first-order valence-electron chi connectivity index (χ1n) is 11.9. The van der Waals surface area contributed by atoms with Crippen molar-refractivity contribution in [3.8, 4) is 0 Å². The Morgan fingerprint density at radius 2 is 1.69 bits per heavy atom. The van der Waals surface area contributed by atoms with E-state index < -0.39 is 0 Å². The standard InChI is InChI=1S/C28H28N4O2S/c1-21-24-26(29-20-32(27(24)33)19-23-11-6-3-7-12-23)35-25(21)28(34)31-17-15-30(16-18-31)14-8-13-22-9-4-2-5-10-22/h2-13,20H,14-19H2,1H3/b13-8+. The van der Waals surface area contributed by atoms with Crippen molar-refractivity contribution in [3.05, 3.63) is 105 Å². The number of hydrogen-bond donors (Lipinski definition) is 0. The second-order valence-electron chi connectivity index (χ2n) is 8.81. The summed E-state index contributed by atoms with van der Waals surface area (Å²) in [5.74, 6) is -0.000938. The lowest BCUT2D eigenvalue weighted by atomic mass is 10.2. The number of thiophene rings is 1. The summed E-state index contributed by atoms with van der Waals surface area (Å²) >= 11 is 1.33. The number of rotatable bonds is 6. The highest BCUT2D eigenvalue weighted by Gasteiger charge is 2.26. The van der Waals surface area contributed by atoms with E-state index in [1.54, 1.807) is 10.9 Å². The van der Waals surface area contributed by atoms with Gasteiger partial charge in [0, 0.05) is 32.7 Å². The molecule has 5 rings (SSSR count). The van der Waals surface area contributed by atoms with Gasteiger partial charge in [0.1, 0.15) is 4.83 Å². The average molecular weight is 485 g/mol. The quantitative estimate of drug-likeness (QED) is 0.410. The molecule has 0 spiro atoms. The van der Waals surface area contributed by atoms with Crippen molar-refractivity contribution in [1.29, 1.82) is 0 Å². The van der Waals surface area contributed by atoms with Crippen molar-refractivity contribution in [2.75, 3.05) is 32.7 Å². The van der Waals surface area contributed by atoms with Gasteiger partial charge in [0.15, 0.2) is 0 Å². The number of carbonyl (C=O) groups excluding carboxylic acids is 1. The van der Waals surface area contributed by atoms with Crippen molar-refractivity contribution in [2.24, 2.45) is 0 Å². The number of fused-ring (bicyclic) bond motifs is 1. The maximum atomic E-state index is 13.4. The lowest BCUT2D eigenvalue weighted by Gasteiger charge is -2.34. The molecule has 0 unspecified atom stereocenters. The van der Waals surface area contributed by atoms with Crippen LogP contribution in [-0.4, -0.2) is 58.0 Å². The summed E-state index contributed by atoms with van der Waals surface area (Å²) < 4.78 is 1.62. The highest BCUT2D eigenvalue weighted by molar-refractivity contribution is 7.20. The topological polar surface area (TPSA) is 58.4 Å². The van der Waals surface area contributed by atoms with Crippen LogP contribution < -0.4 is 5.56 Å². The van der Waals surface area contributed by atoms with Gasteiger partial charge in [-0.15, -0.1) is 11.3 Å². The van der Waals surface area contributed by atoms with E-state index >= 15 is 0 Å². The number of nitrogens with zero attached hydrogens (tertiary/aromatic N) is 4. The maximum absolute atomic E-state index is 13.4. The first-order valence-corrected chi connectivity index (χ1v) is 12.7. The number of aromatic nitrogens is 2. The zero-order valence-corrected chi connectivity index (χ0v) is 20.6. The molecule has 7 heteroatoms. The van der Waals surface area contributed by atoms with Crippen LogP contribution in [0.15, 0.2) is 77.9 Å². The number of benzene rings is 2. The molecule has 2 aromatic heterocycles. The predicted molar refractivity (Wildman–Crippen MR) is 142 cm³/mol. The Morgan fingerprint density at radius 3 is 2.40 bits per heavy atom. The van der Waals surface area contributed by atoms with Gasteiger partial charge < -0.3 is 4.90 Å². The molecule has 0 saturated carbocycles. The van der Waals surface area contributed by atoms with Crippen LogP contribution in [0.1, 0.15) is 26.4 Å². The van der Waals surface area contributed by atoms with Crippen LogP contribution in [0, 0.1) is 6.92 Å². The van der Waals surface area contributed by atoms with Crippen LogP contribution in [0.25, 0.3) is 16.3 Å². The Morgan fingerprint density at radius 1 is 1.00 bits per heavy atom. The summed E-state index contributed by atoms with van der Waals surface area (Å²) in [6.07, 6.45) is 5.90. The second kappa shape index (κ2) is 10.4. The molecule has 35 heavy (non-hydrogen) atoms. The van der Waals surface area contributed by atoms with Crippen LogP contribution in [-0.2, 0) is 6.54 Å². The molecule has 0 atom stereocenters. The molecule has 6 nitrogen and oxygen atoms in total. The largest absolute Gasteiger partial charge is 0.335 e. The molecule has 3 heterocycles. The van der Waals surface area contributed by atoms with E-state index in [2.05, 4.69) is 34.2 Å². The van der Waals surface area contributed by atoms with Gasteiger partial charge in [-0.1, -0.05) is 72.8 Å². The molecule has 2 aromatic carbocycles. The molecule has 0 radical (unpaired) electrons. The van der Waals surface area contributed by atoms with E-state index in [1.165, 1.54) is 16.9 Å². The van der Waals surface area contributed by atoms with Crippen LogP contribution in [0.3, 0.4) is 0 Å². The van der Waals surface area contributed by atoms with Gasteiger partial charge in [-0.05, 0) is 23.6 Å². The second-order valence-corrected chi connectivity index (χ2v) is 9.80. The average Bonchev–Trinajstić information content (AvgIpc) is 3.24. The Hall–Kier alpha value is -3.55. The maximum Gasteiger partial charge on any atom is 0.264 e. The monoisotopic (exact) mass is 484 g/mol. The summed E-state index contributed by atoms with van der Waals surface area (Å²) in [4.78, 5) is 36.6. The van der Waals surface area contributed by atoms with Crippen molar-refractivity contribution in [1.82, 2.24) is 19.4 Å². The van der Waals surface area contributed by atoms with Crippen molar-refractivity contribution in [2.45, 2.75) is 13.5 Å². The van der Waals surface area contributed by atoms with E-state index in [4.69, 9.17) is 0 Å². The van der Waals surface area contributed by atoms with E-state index in [-0.39, 0.29) is 11.5 Å². The van der Waals surface area contributed by atoms with Gasteiger partial charge in [0.2, 0.25) is 0 Å². The van der Waals surface area contributed by atoms with Crippen LogP contribution >= 0.6 is 11.3 Å². The van der Waals surface area contributed by atoms with E-state index in [0.29, 0.717) is 34.7 Å². The molecule has 0 bridgehead atoms. The first kappa shape index (κ1) is 23.2. The van der Waals surface area contributed by atoms with Crippen LogP contribution in [0.2, 0.25) is 0 Å². The summed E-state index contributed by atoms with van der Waals surface area (Å²) in [6, 6.07) is 20.1. The minimum atomic E-state index is -0.0957. The first-order chi connectivity index (χ1) is 17.1. The van der Waals surface area contributed by atoms with E-state index in [0.717, 1.165) is 30.8 Å². The zero-order chi connectivity index (χ0) is 24.2. The highest BCUT2D eigenvalue weighted by atomic mass is 32.1. The molecule has 1 aliphatic heterocycles. The fraction of sp³-hybridized carbons (Fsp3) is 0.250. The van der Waals surface area contributed by atoms with Crippen LogP contribution in [0.4, 0.5) is 0 Å². The molecule has 1 aliphatic rings. The normalized spacial score (nSPS) is 14.7. The van der Waals surface area contributed by atoms with Crippen LogP contribution in [0.5, 0.6) is 0 Å². The third kappa shape index (κ3) is 5.11. The Bertz CT molecular complexity index is 1400. The molecular weight excluding hydrogens is 456 g/mol. The van der Waals surface area contributed by atoms with Crippen molar-refractivity contribution >= 4 is 33.5 Å². The van der Waals surface area contributed by atoms with Gasteiger partial charge in [-0.3, -0.25) is 19.1 Å². The third-order valence-electron chi connectivity index (χ3n) is 6.44. The van der Waals surface area contributed by atoms with Gasteiger partial charge >= 0.3 is 0 Å².